The van der Waals surface area contributed by atoms with Crippen LogP contribution in [0.5, 0.6) is 0 Å². The number of benzene rings is 2. The van der Waals surface area contributed by atoms with Crippen LogP contribution in [-0.2, 0) is 22.4 Å². The standard InChI is InChI=1S/C20H19ClFNO3/c1-12(19(24)23-18-9-8-16(22)11-17(18)21)26-20(25)15-7-6-13-4-2-3-5-14(13)10-15/h6-12H,2-5H2,1H3,(H,23,24)/t12-/m1/s1. The van der Waals surface area contributed by atoms with E-state index in [1.807, 2.05) is 12.1 Å². The molecule has 2 aromatic rings. The van der Waals surface area contributed by atoms with E-state index in [1.54, 1.807) is 6.07 Å². The first-order valence-electron chi connectivity index (χ1n) is 8.53. The van der Waals surface area contributed by atoms with E-state index >= 15 is 0 Å². The third kappa shape index (κ3) is 4.22. The number of halogens is 2. The van der Waals surface area contributed by atoms with Gasteiger partial charge in [0.1, 0.15) is 5.82 Å². The number of fused-ring (bicyclic) bond motifs is 1. The van der Waals surface area contributed by atoms with Crippen LogP contribution in [0.25, 0.3) is 0 Å². The zero-order chi connectivity index (χ0) is 18.7. The first kappa shape index (κ1) is 18.4. The fraction of sp³-hybridized carbons (Fsp3) is 0.300. The molecule has 0 fully saturated rings. The zero-order valence-electron chi connectivity index (χ0n) is 14.4. The van der Waals surface area contributed by atoms with Gasteiger partial charge in [0.25, 0.3) is 5.91 Å². The fourth-order valence-electron chi connectivity index (χ4n) is 2.97. The molecule has 0 bridgehead atoms. The van der Waals surface area contributed by atoms with Crippen LogP contribution >= 0.6 is 11.6 Å². The van der Waals surface area contributed by atoms with E-state index in [0.29, 0.717) is 5.56 Å². The molecule has 0 heterocycles. The Balaban J connectivity index is 1.64. The van der Waals surface area contributed by atoms with Crippen LogP contribution in [0.2, 0.25) is 5.02 Å². The Morgan fingerprint density at radius 1 is 1.12 bits per heavy atom. The van der Waals surface area contributed by atoms with Gasteiger partial charge in [-0.3, -0.25) is 4.79 Å². The number of rotatable bonds is 4. The average molecular weight is 376 g/mol. The van der Waals surface area contributed by atoms with Crippen LogP contribution in [0.3, 0.4) is 0 Å². The molecule has 0 spiro atoms. The maximum absolute atomic E-state index is 13.1. The van der Waals surface area contributed by atoms with Gasteiger partial charge < -0.3 is 10.1 Å². The largest absolute Gasteiger partial charge is 0.449 e. The van der Waals surface area contributed by atoms with Crippen molar-refractivity contribution in [2.75, 3.05) is 5.32 Å². The number of nitrogens with one attached hydrogen (secondary N) is 1. The van der Waals surface area contributed by atoms with Gasteiger partial charge in [0.15, 0.2) is 6.10 Å². The summed E-state index contributed by atoms with van der Waals surface area (Å²) in [7, 11) is 0. The highest BCUT2D eigenvalue weighted by Gasteiger charge is 2.21. The van der Waals surface area contributed by atoms with Crippen LogP contribution in [0.4, 0.5) is 10.1 Å². The molecule has 2 aromatic carbocycles. The van der Waals surface area contributed by atoms with Crippen LogP contribution in [-0.4, -0.2) is 18.0 Å². The summed E-state index contributed by atoms with van der Waals surface area (Å²) in [6.07, 6.45) is 3.25. The molecule has 6 heteroatoms. The Morgan fingerprint density at radius 2 is 1.85 bits per heavy atom. The number of esters is 1. The van der Waals surface area contributed by atoms with Crippen molar-refractivity contribution >= 4 is 29.2 Å². The van der Waals surface area contributed by atoms with Crippen LogP contribution in [0, 0.1) is 5.82 Å². The molecule has 0 saturated heterocycles. The lowest BCUT2D eigenvalue weighted by Gasteiger charge is -2.17. The van der Waals surface area contributed by atoms with Gasteiger partial charge in [-0.25, -0.2) is 9.18 Å². The second-order valence-corrected chi connectivity index (χ2v) is 6.76. The Kier molecular flexibility index (Phi) is 5.57. The van der Waals surface area contributed by atoms with Crippen molar-refractivity contribution in [1.82, 2.24) is 0 Å². The maximum Gasteiger partial charge on any atom is 0.338 e. The number of amides is 1. The highest BCUT2D eigenvalue weighted by Crippen LogP contribution is 2.24. The van der Waals surface area contributed by atoms with Crippen molar-refractivity contribution in [3.63, 3.8) is 0 Å². The number of hydrogen-bond acceptors (Lipinski definition) is 3. The van der Waals surface area contributed by atoms with Gasteiger partial charge in [0.05, 0.1) is 16.3 Å². The molecule has 1 aliphatic rings. The predicted molar refractivity (Wildman–Crippen MR) is 98.0 cm³/mol. The van der Waals surface area contributed by atoms with Gasteiger partial charge in [0.2, 0.25) is 0 Å². The molecule has 4 nitrogen and oxygen atoms in total. The number of hydrogen-bond donors (Lipinski definition) is 1. The predicted octanol–water partition coefficient (Wildman–Crippen LogP) is 4.54. The van der Waals surface area contributed by atoms with E-state index in [2.05, 4.69) is 5.32 Å². The number of aryl methyl sites for hydroxylation is 2. The van der Waals surface area contributed by atoms with Gasteiger partial charge >= 0.3 is 5.97 Å². The van der Waals surface area contributed by atoms with Gasteiger partial charge in [-0.15, -0.1) is 0 Å². The lowest BCUT2D eigenvalue weighted by Crippen LogP contribution is -2.30. The Bertz CT molecular complexity index is 853. The maximum atomic E-state index is 13.1. The molecule has 1 atom stereocenters. The summed E-state index contributed by atoms with van der Waals surface area (Å²) < 4.78 is 18.3. The molecule has 0 radical (unpaired) electrons. The monoisotopic (exact) mass is 375 g/mol. The van der Waals surface area contributed by atoms with Crippen LogP contribution in [0.1, 0.15) is 41.3 Å². The van der Waals surface area contributed by atoms with Gasteiger partial charge in [-0.1, -0.05) is 17.7 Å². The van der Waals surface area contributed by atoms with E-state index in [9.17, 15) is 14.0 Å². The number of carbonyl (C=O) groups excluding carboxylic acids is 2. The lowest BCUT2D eigenvalue weighted by atomic mass is 9.90. The molecule has 0 aromatic heterocycles. The summed E-state index contributed by atoms with van der Waals surface area (Å²) in [6, 6.07) is 9.17. The number of carbonyl (C=O) groups is 2. The molecular formula is C20H19ClFNO3. The smallest absolute Gasteiger partial charge is 0.338 e. The summed E-state index contributed by atoms with van der Waals surface area (Å²) in [5.74, 6) is -1.59. The molecule has 0 unspecified atom stereocenters. The summed E-state index contributed by atoms with van der Waals surface area (Å²) in [5, 5.41) is 2.60. The van der Waals surface area contributed by atoms with Crippen molar-refractivity contribution in [3.8, 4) is 0 Å². The van der Waals surface area contributed by atoms with E-state index in [-0.39, 0.29) is 10.7 Å². The molecule has 26 heavy (non-hydrogen) atoms. The molecule has 1 aliphatic carbocycles. The molecule has 1 N–H and O–H groups in total. The normalized spacial score (nSPS) is 14.3. The molecule has 0 saturated carbocycles. The van der Waals surface area contributed by atoms with Crippen molar-refractivity contribution in [2.45, 2.75) is 38.7 Å². The number of anilines is 1. The Morgan fingerprint density at radius 3 is 2.58 bits per heavy atom. The van der Waals surface area contributed by atoms with Crippen LogP contribution in [0.15, 0.2) is 36.4 Å². The Labute approximate surface area is 156 Å². The summed E-state index contributed by atoms with van der Waals surface area (Å²) in [5.41, 5.74) is 3.13. The van der Waals surface area contributed by atoms with Crippen LogP contribution < -0.4 is 5.32 Å². The fourth-order valence-corrected chi connectivity index (χ4v) is 3.18. The molecular weight excluding hydrogens is 357 g/mol. The second kappa shape index (κ2) is 7.87. The van der Waals surface area contributed by atoms with Crippen molar-refractivity contribution < 1.29 is 18.7 Å². The van der Waals surface area contributed by atoms with E-state index in [0.717, 1.165) is 25.3 Å². The first-order chi connectivity index (χ1) is 12.4. The second-order valence-electron chi connectivity index (χ2n) is 6.35. The minimum atomic E-state index is -1.01. The summed E-state index contributed by atoms with van der Waals surface area (Å²) >= 11 is 5.88. The summed E-state index contributed by atoms with van der Waals surface area (Å²) in [4.78, 5) is 24.5. The minimum Gasteiger partial charge on any atom is -0.449 e. The topological polar surface area (TPSA) is 55.4 Å². The highest BCUT2D eigenvalue weighted by atomic mass is 35.5. The van der Waals surface area contributed by atoms with Crippen molar-refractivity contribution in [2.24, 2.45) is 0 Å². The first-order valence-corrected chi connectivity index (χ1v) is 8.90. The van der Waals surface area contributed by atoms with Gasteiger partial charge in [0, 0.05) is 0 Å². The number of ether oxygens (including phenoxy) is 1. The molecule has 1 amide bonds. The molecule has 0 aliphatic heterocycles. The highest BCUT2D eigenvalue weighted by molar-refractivity contribution is 6.33. The van der Waals surface area contributed by atoms with Gasteiger partial charge in [-0.2, -0.15) is 0 Å². The van der Waals surface area contributed by atoms with E-state index < -0.39 is 23.8 Å². The van der Waals surface area contributed by atoms with E-state index in [4.69, 9.17) is 16.3 Å². The van der Waals surface area contributed by atoms with E-state index in [1.165, 1.54) is 36.6 Å². The van der Waals surface area contributed by atoms with Crippen molar-refractivity contribution in [3.05, 3.63) is 63.9 Å². The molecule has 136 valence electrons. The SMILES string of the molecule is C[C@@H](OC(=O)c1ccc2c(c1)CCCC2)C(=O)Nc1ccc(F)cc1Cl. The average Bonchev–Trinajstić information content (AvgIpc) is 2.63. The third-order valence-corrected chi connectivity index (χ3v) is 4.74. The minimum absolute atomic E-state index is 0.0755. The van der Waals surface area contributed by atoms with Gasteiger partial charge in [-0.05, 0) is 74.1 Å². The Hall–Kier alpha value is -2.40. The zero-order valence-corrected chi connectivity index (χ0v) is 15.1. The quantitative estimate of drug-likeness (QED) is 0.798. The summed E-state index contributed by atoms with van der Waals surface area (Å²) in [6.45, 7) is 1.48. The third-order valence-electron chi connectivity index (χ3n) is 4.43. The lowest BCUT2D eigenvalue weighted by molar-refractivity contribution is -0.123. The molecule has 3 rings (SSSR count). The van der Waals surface area contributed by atoms with Crippen molar-refractivity contribution in [1.29, 1.82) is 0 Å².